The Bertz CT molecular complexity index is 1380. The lowest BCUT2D eigenvalue weighted by Crippen LogP contribution is -2.12. The van der Waals surface area contributed by atoms with Crippen molar-refractivity contribution < 1.29 is 23.5 Å². The average Bonchev–Trinajstić information content (AvgIpc) is 3.20. The van der Waals surface area contributed by atoms with Gasteiger partial charge in [0.05, 0.1) is 18.5 Å². The summed E-state index contributed by atoms with van der Waals surface area (Å²) in [6.45, 7) is 3.47. The summed E-state index contributed by atoms with van der Waals surface area (Å²) in [5.41, 5.74) is 3.36. The molecular weight excluding hydrogens is 437 g/mol. The molecule has 0 radical (unpaired) electrons. The zero-order valence-corrected chi connectivity index (χ0v) is 18.7. The molecule has 4 rings (SSSR count). The Morgan fingerprint density at radius 2 is 1.71 bits per heavy atom. The molecule has 0 saturated carbocycles. The van der Waals surface area contributed by atoms with Gasteiger partial charge in [-0.1, -0.05) is 12.1 Å². The summed E-state index contributed by atoms with van der Waals surface area (Å²) in [5, 5.41) is 7.82. The molecule has 1 N–H and O–H groups in total. The first-order valence-corrected chi connectivity index (χ1v) is 10.7. The summed E-state index contributed by atoms with van der Waals surface area (Å²) in [6, 6.07) is 17.6. The quantitative estimate of drug-likeness (QED) is 0.416. The van der Waals surface area contributed by atoms with Crippen LogP contribution >= 0.6 is 0 Å². The lowest BCUT2D eigenvalue weighted by molar-refractivity contribution is -0.142. The fourth-order valence-electron chi connectivity index (χ4n) is 3.61. The van der Waals surface area contributed by atoms with Crippen LogP contribution in [0.5, 0.6) is 0 Å². The van der Waals surface area contributed by atoms with Crippen molar-refractivity contribution in [1.82, 2.24) is 9.78 Å². The third kappa shape index (κ3) is 4.85. The molecule has 0 unspecified atom stereocenters. The first kappa shape index (κ1) is 22.8. The molecule has 0 saturated heterocycles. The van der Waals surface area contributed by atoms with Crippen LogP contribution in [-0.2, 0) is 16.0 Å². The van der Waals surface area contributed by atoms with Crippen LogP contribution < -0.4 is 5.32 Å². The van der Waals surface area contributed by atoms with Crippen molar-refractivity contribution in [1.29, 1.82) is 0 Å². The summed E-state index contributed by atoms with van der Waals surface area (Å²) in [7, 11) is 0. The van der Waals surface area contributed by atoms with E-state index in [4.69, 9.17) is 4.74 Å². The molecule has 3 aromatic carbocycles. The van der Waals surface area contributed by atoms with E-state index in [1.54, 1.807) is 61.5 Å². The van der Waals surface area contributed by atoms with E-state index in [0.29, 0.717) is 40.0 Å². The van der Waals surface area contributed by atoms with Crippen LogP contribution in [0.15, 0.2) is 66.7 Å². The molecule has 0 aliphatic carbocycles. The van der Waals surface area contributed by atoms with E-state index in [1.807, 2.05) is 0 Å². The number of fused-ring (bicyclic) bond motifs is 1. The number of hydrogen-bond donors (Lipinski definition) is 1. The molecule has 1 amide bonds. The van der Waals surface area contributed by atoms with Crippen LogP contribution in [0.1, 0.15) is 34.6 Å². The van der Waals surface area contributed by atoms with E-state index in [0.717, 1.165) is 5.56 Å². The zero-order chi connectivity index (χ0) is 24.2. The largest absolute Gasteiger partial charge is 0.466 e. The molecule has 0 bridgehead atoms. The van der Waals surface area contributed by atoms with Gasteiger partial charge in [0.2, 0.25) is 5.91 Å². The van der Waals surface area contributed by atoms with Crippen LogP contribution in [-0.4, -0.2) is 34.2 Å². The molecule has 0 atom stereocenters. The summed E-state index contributed by atoms with van der Waals surface area (Å²) >= 11 is 0. The molecule has 8 heteroatoms. The molecule has 0 fully saturated rings. The monoisotopic (exact) mass is 459 g/mol. The number of rotatable bonds is 6. The molecule has 7 nitrogen and oxygen atoms in total. The number of nitrogens with zero attached hydrogens (tertiary/aromatic N) is 2. The Morgan fingerprint density at radius 3 is 2.35 bits per heavy atom. The normalized spacial score (nSPS) is 10.8. The second kappa shape index (κ2) is 9.66. The van der Waals surface area contributed by atoms with Crippen LogP contribution in [0.25, 0.3) is 22.2 Å². The van der Waals surface area contributed by atoms with Crippen molar-refractivity contribution in [3.63, 3.8) is 0 Å². The van der Waals surface area contributed by atoms with Gasteiger partial charge in [-0.2, -0.15) is 9.78 Å². The van der Waals surface area contributed by atoms with E-state index in [1.165, 1.54) is 23.7 Å². The number of benzene rings is 3. The molecule has 0 aliphatic rings. The Balaban J connectivity index is 1.61. The number of ether oxygens (including phenoxy) is 1. The number of nitrogens with one attached hydrogen (secondary N) is 1. The molecule has 1 aromatic heterocycles. The van der Waals surface area contributed by atoms with Crippen LogP contribution in [0.2, 0.25) is 0 Å². The molecule has 1 heterocycles. The van der Waals surface area contributed by atoms with Crippen LogP contribution in [0.3, 0.4) is 0 Å². The van der Waals surface area contributed by atoms with Crippen molar-refractivity contribution >= 4 is 34.4 Å². The Kier molecular flexibility index (Phi) is 6.49. The highest BCUT2D eigenvalue weighted by Gasteiger charge is 2.17. The molecule has 0 aliphatic heterocycles. The van der Waals surface area contributed by atoms with Crippen molar-refractivity contribution in [2.24, 2.45) is 0 Å². The predicted molar refractivity (Wildman–Crippen MR) is 126 cm³/mol. The number of anilines is 1. The number of carbonyl (C=O) groups is 3. The molecular formula is C26H22FN3O4. The maximum Gasteiger partial charge on any atom is 0.310 e. The highest BCUT2D eigenvalue weighted by Crippen LogP contribution is 2.29. The minimum absolute atomic E-state index is 0.158. The maximum absolute atomic E-state index is 13.4. The number of carbonyl (C=O) groups excluding carboxylic acids is 3. The molecule has 4 aromatic rings. The summed E-state index contributed by atoms with van der Waals surface area (Å²) in [6.07, 6.45) is 0.158. The van der Waals surface area contributed by atoms with Crippen LogP contribution in [0.4, 0.5) is 10.1 Å². The first-order valence-electron chi connectivity index (χ1n) is 10.7. The number of hydrogen-bond acceptors (Lipinski definition) is 5. The molecule has 34 heavy (non-hydrogen) atoms. The van der Waals surface area contributed by atoms with Crippen molar-refractivity contribution in [3.8, 4) is 11.3 Å². The smallest absolute Gasteiger partial charge is 0.310 e. The van der Waals surface area contributed by atoms with E-state index < -0.39 is 0 Å². The topological polar surface area (TPSA) is 90.3 Å². The number of aromatic nitrogens is 2. The summed E-state index contributed by atoms with van der Waals surface area (Å²) < 4.78 is 19.6. The third-order valence-electron chi connectivity index (χ3n) is 5.22. The van der Waals surface area contributed by atoms with E-state index in [-0.39, 0.29) is 30.0 Å². The van der Waals surface area contributed by atoms with Crippen molar-refractivity contribution in [2.45, 2.75) is 20.3 Å². The van der Waals surface area contributed by atoms with Crippen LogP contribution in [0, 0.1) is 5.82 Å². The summed E-state index contributed by atoms with van der Waals surface area (Å²) in [5.74, 6) is -1.32. The Morgan fingerprint density at radius 1 is 1.00 bits per heavy atom. The average molecular weight is 459 g/mol. The first-order chi connectivity index (χ1) is 16.4. The van der Waals surface area contributed by atoms with Gasteiger partial charge in [-0.15, -0.1) is 0 Å². The van der Waals surface area contributed by atoms with E-state index in [2.05, 4.69) is 10.4 Å². The Labute approximate surface area is 195 Å². The van der Waals surface area contributed by atoms with Gasteiger partial charge < -0.3 is 10.1 Å². The second-order valence-electron chi connectivity index (χ2n) is 7.65. The van der Waals surface area contributed by atoms with Gasteiger partial charge in [0.25, 0.3) is 5.91 Å². The highest BCUT2D eigenvalue weighted by molar-refractivity contribution is 6.08. The van der Waals surface area contributed by atoms with Gasteiger partial charge in [0, 0.05) is 29.1 Å². The fraction of sp³-hybridized carbons (Fsp3) is 0.154. The third-order valence-corrected chi connectivity index (χ3v) is 5.22. The van der Waals surface area contributed by atoms with Crippen molar-refractivity contribution in [3.05, 3.63) is 83.7 Å². The second-order valence-corrected chi connectivity index (χ2v) is 7.65. The minimum Gasteiger partial charge on any atom is -0.466 e. The molecule has 0 spiro atoms. The van der Waals surface area contributed by atoms with E-state index in [9.17, 15) is 18.8 Å². The number of amides is 1. The minimum atomic E-state index is -0.382. The number of esters is 1. The van der Waals surface area contributed by atoms with Gasteiger partial charge in [-0.25, -0.2) is 4.39 Å². The van der Waals surface area contributed by atoms with Gasteiger partial charge >= 0.3 is 5.97 Å². The summed E-state index contributed by atoms with van der Waals surface area (Å²) in [4.78, 5) is 36.6. The maximum atomic E-state index is 13.4. The Hall–Kier alpha value is -4.33. The van der Waals surface area contributed by atoms with Gasteiger partial charge in [0.15, 0.2) is 0 Å². The molecule has 172 valence electrons. The standard InChI is InChI=1S/C26H22FN3O4/c1-3-34-24(32)14-17-4-11-21(12-5-17)28-26(33)19-8-13-23-22(15-19)25(29-30(23)16(2)31)18-6-9-20(27)10-7-18/h4-13,15H,3,14H2,1-2H3,(H,28,33). The van der Waals surface area contributed by atoms with Gasteiger partial charge in [-0.05, 0) is 67.1 Å². The predicted octanol–water partition coefficient (Wildman–Crippen LogP) is 4.86. The fourth-order valence-corrected chi connectivity index (χ4v) is 3.61. The lowest BCUT2D eigenvalue weighted by Gasteiger charge is -2.07. The number of halogens is 1. The highest BCUT2D eigenvalue weighted by atomic mass is 19.1. The zero-order valence-electron chi connectivity index (χ0n) is 18.7. The lowest BCUT2D eigenvalue weighted by atomic mass is 10.0. The van der Waals surface area contributed by atoms with Crippen molar-refractivity contribution in [2.75, 3.05) is 11.9 Å². The van der Waals surface area contributed by atoms with Gasteiger partial charge in [0.1, 0.15) is 11.5 Å². The SMILES string of the molecule is CCOC(=O)Cc1ccc(NC(=O)c2ccc3c(c2)c(-c2ccc(F)cc2)nn3C(C)=O)cc1. The van der Waals surface area contributed by atoms with E-state index >= 15 is 0 Å². The van der Waals surface area contributed by atoms with Gasteiger partial charge in [-0.3, -0.25) is 14.4 Å².